The zero-order chi connectivity index (χ0) is 30.4. The molecule has 43 heavy (non-hydrogen) atoms. The van der Waals surface area contributed by atoms with E-state index >= 15 is 0 Å². The molecule has 5 rings (SSSR count). The standard InChI is InChI=1S/C33H40FN3O4S2/c1-24(26-5-11-30(34)12-6-26)35-33(38)28-7-13-31(14-8-28)36-43(40,41)32-15-9-27(10-16-32)29-4-2-3-25(23-29)17-18-37-19-21-42(39)22-20-37/h2-6,9-12,15-16,23-24,28,31,36H,7-8,13-14,17-22H2,1H3,(H,35,38)/t24-,28-,31-/m1/s1. The lowest BCUT2D eigenvalue weighted by Gasteiger charge is -2.29. The third kappa shape index (κ3) is 8.67. The lowest BCUT2D eigenvalue weighted by molar-refractivity contribution is -0.126. The van der Waals surface area contributed by atoms with Gasteiger partial charge in [-0.15, -0.1) is 0 Å². The summed E-state index contributed by atoms with van der Waals surface area (Å²) in [4.78, 5) is 15.4. The summed E-state index contributed by atoms with van der Waals surface area (Å²) < 4.78 is 54.0. The van der Waals surface area contributed by atoms with Crippen LogP contribution in [-0.4, -0.2) is 61.0 Å². The van der Waals surface area contributed by atoms with Gasteiger partial charge in [-0.1, -0.05) is 59.7 Å². The largest absolute Gasteiger partial charge is 0.616 e. The minimum Gasteiger partial charge on any atom is -0.616 e. The van der Waals surface area contributed by atoms with Crippen molar-refractivity contribution >= 4 is 27.1 Å². The van der Waals surface area contributed by atoms with Crippen LogP contribution in [0, 0.1) is 11.7 Å². The van der Waals surface area contributed by atoms with Crippen LogP contribution in [0.15, 0.2) is 77.7 Å². The van der Waals surface area contributed by atoms with Gasteiger partial charge < -0.3 is 9.87 Å². The number of sulfonamides is 1. The molecule has 0 spiro atoms. The molecular formula is C33H40FN3O4S2. The Hall–Kier alpha value is -2.76. The number of nitrogens with zero attached hydrogens (tertiary/aromatic N) is 1. The van der Waals surface area contributed by atoms with Gasteiger partial charge in [-0.05, 0) is 85.5 Å². The molecule has 3 aromatic rings. The second kappa shape index (κ2) is 14.3. The van der Waals surface area contributed by atoms with Crippen molar-refractivity contribution < 1.29 is 22.2 Å². The van der Waals surface area contributed by atoms with Crippen molar-refractivity contribution in [1.29, 1.82) is 0 Å². The van der Waals surface area contributed by atoms with Crippen LogP contribution in [0.5, 0.6) is 0 Å². The van der Waals surface area contributed by atoms with Crippen molar-refractivity contribution in [2.24, 2.45) is 5.92 Å². The Morgan fingerprint density at radius 3 is 2.33 bits per heavy atom. The van der Waals surface area contributed by atoms with Crippen molar-refractivity contribution in [3.05, 3.63) is 89.7 Å². The number of amides is 1. The number of carbonyl (C=O) groups excluding carboxylic acids is 1. The Bertz CT molecular complexity index is 1470. The van der Waals surface area contributed by atoms with Crippen LogP contribution in [0.4, 0.5) is 4.39 Å². The average Bonchev–Trinajstić information content (AvgIpc) is 3.01. The highest BCUT2D eigenvalue weighted by molar-refractivity contribution is 7.91. The lowest BCUT2D eigenvalue weighted by Crippen LogP contribution is -2.41. The molecule has 2 fully saturated rings. The van der Waals surface area contributed by atoms with Crippen molar-refractivity contribution in [2.75, 3.05) is 31.1 Å². The molecule has 1 atom stereocenters. The highest BCUT2D eigenvalue weighted by Gasteiger charge is 2.30. The van der Waals surface area contributed by atoms with Crippen molar-refractivity contribution in [3.8, 4) is 11.1 Å². The molecule has 0 radical (unpaired) electrons. The van der Waals surface area contributed by atoms with E-state index in [1.165, 1.54) is 17.7 Å². The van der Waals surface area contributed by atoms with Crippen molar-refractivity contribution in [2.45, 2.75) is 56.0 Å². The zero-order valence-electron chi connectivity index (χ0n) is 24.5. The fraction of sp³-hybridized carbons (Fsp3) is 0.424. The molecule has 230 valence electrons. The molecule has 2 aliphatic rings. The van der Waals surface area contributed by atoms with Crippen LogP contribution >= 0.6 is 0 Å². The molecule has 3 aromatic carbocycles. The summed E-state index contributed by atoms with van der Waals surface area (Å²) >= 11 is -0.672. The van der Waals surface area contributed by atoms with E-state index in [-0.39, 0.29) is 34.6 Å². The molecule has 0 aromatic heterocycles. The maximum Gasteiger partial charge on any atom is 0.240 e. The van der Waals surface area contributed by atoms with Gasteiger partial charge in [0.2, 0.25) is 15.9 Å². The van der Waals surface area contributed by atoms with Crippen LogP contribution in [-0.2, 0) is 32.4 Å². The van der Waals surface area contributed by atoms with E-state index in [4.69, 9.17) is 0 Å². The molecule has 1 saturated carbocycles. The van der Waals surface area contributed by atoms with Crippen molar-refractivity contribution in [3.63, 3.8) is 0 Å². The first-order chi connectivity index (χ1) is 20.7. The summed E-state index contributed by atoms with van der Waals surface area (Å²) in [5, 5.41) is 3.01. The maximum atomic E-state index is 13.2. The van der Waals surface area contributed by atoms with E-state index in [0.717, 1.165) is 54.3 Å². The molecule has 1 heterocycles. The Labute approximate surface area is 257 Å². The molecule has 1 aliphatic carbocycles. The van der Waals surface area contributed by atoms with Crippen LogP contribution in [0.25, 0.3) is 11.1 Å². The third-order valence-corrected chi connectivity index (χ3v) is 11.4. The second-order valence-corrected chi connectivity index (χ2v) is 15.0. The van der Waals surface area contributed by atoms with Crippen LogP contribution in [0.3, 0.4) is 0 Å². The highest BCUT2D eigenvalue weighted by atomic mass is 32.2. The Morgan fingerprint density at radius 1 is 0.977 bits per heavy atom. The van der Waals surface area contributed by atoms with E-state index in [0.29, 0.717) is 25.7 Å². The van der Waals surface area contributed by atoms with Gasteiger partial charge in [-0.3, -0.25) is 9.69 Å². The third-order valence-electron chi connectivity index (χ3n) is 8.56. The number of carbonyl (C=O) groups is 1. The first-order valence-electron chi connectivity index (χ1n) is 15.0. The number of hydrogen-bond donors (Lipinski definition) is 2. The number of hydrogen-bond acceptors (Lipinski definition) is 5. The van der Waals surface area contributed by atoms with E-state index in [9.17, 15) is 22.2 Å². The molecule has 7 nitrogen and oxygen atoms in total. The molecule has 2 N–H and O–H groups in total. The Balaban J connectivity index is 1.11. The summed E-state index contributed by atoms with van der Waals surface area (Å²) in [6.07, 6.45) is 3.28. The van der Waals surface area contributed by atoms with Gasteiger partial charge in [0.15, 0.2) is 0 Å². The summed E-state index contributed by atoms with van der Waals surface area (Å²) in [7, 11) is -3.70. The van der Waals surface area contributed by atoms with Gasteiger partial charge in [0.05, 0.1) is 10.9 Å². The molecular weight excluding hydrogens is 586 g/mol. The van der Waals surface area contributed by atoms with E-state index in [1.54, 1.807) is 24.3 Å². The molecule has 0 bridgehead atoms. The van der Waals surface area contributed by atoms with Gasteiger partial charge in [0.25, 0.3) is 0 Å². The quantitative estimate of drug-likeness (QED) is 0.315. The van der Waals surface area contributed by atoms with Gasteiger partial charge in [-0.25, -0.2) is 17.5 Å². The fourth-order valence-electron chi connectivity index (χ4n) is 5.85. The number of halogens is 1. The van der Waals surface area contributed by atoms with Gasteiger partial charge in [0, 0.05) is 31.6 Å². The normalized spacial score (nSPS) is 20.9. The minimum absolute atomic E-state index is 0.0537. The lowest BCUT2D eigenvalue weighted by atomic mass is 9.85. The average molecular weight is 626 g/mol. The summed E-state index contributed by atoms with van der Waals surface area (Å²) in [5.74, 6) is 0.959. The van der Waals surface area contributed by atoms with Gasteiger partial charge >= 0.3 is 0 Å². The topological polar surface area (TPSA) is 102 Å². The maximum absolute atomic E-state index is 13.2. The summed E-state index contributed by atoms with van der Waals surface area (Å²) in [6, 6.07) is 20.9. The predicted molar refractivity (Wildman–Crippen MR) is 169 cm³/mol. The van der Waals surface area contributed by atoms with E-state index in [1.807, 2.05) is 31.2 Å². The molecule has 1 saturated heterocycles. The predicted octanol–water partition coefficient (Wildman–Crippen LogP) is 4.81. The fourth-order valence-corrected chi connectivity index (χ4v) is 8.28. The summed E-state index contributed by atoms with van der Waals surface area (Å²) in [5.41, 5.74) is 4.05. The smallest absolute Gasteiger partial charge is 0.240 e. The van der Waals surface area contributed by atoms with Gasteiger partial charge in [-0.2, -0.15) is 0 Å². The zero-order valence-corrected chi connectivity index (χ0v) is 26.1. The van der Waals surface area contributed by atoms with E-state index < -0.39 is 21.2 Å². The molecule has 0 unspecified atom stereocenters. The SMILES string of the molecule is C[C@@H](NC(=O)[C@H]1CC[C@H](NS(=O)(=O)c2ccc(-c3cccc(CCN4CC[S+]([O-])CC4)c3)cc2)CC1)c1ccc(F)cc1. The number of benzene rings is 3. The van der Waals surface area contributed by atoms with E-state index in [2.05, 4.69) is 27.1 Å². The van der Waals surface area contributed by atoms with Gasteiger partial charge in [0.1, 0.15) is 17.3 Å². The first kappa shape index (κ1) is 31.7. The summed E-state index contributed by atoms with van der Waals surface area (Å²) in [6.45, 7) is 4.57. The van der Waals surface area contributed by atoms with Crippen LogP contribution in [0.2, 0.25) is 0 Å². The highest BCUT2D eigenvalue weighted by Crippen LogP contribution is 2.28. The Kier molecular flexibility index (Phi) is 10.6. The Morgan fingerprint density at radius 2 is 1.65 bits per heavy atom. The minimum atomic E-state index is -3.70. The van der Waals surface area contributed by atoms with Crippen LogP contribution in [0.1, 0.15) is 49.8 Å². The first-order valence-corrected chi connectivity index (χ1v) is 18.0. The molecule has 10 heteroatoms. The monoisotopic (exact) mass is 625 g/mol. The molecule has 1 amide bonds. The second-order valence-electron chi connectivity index (χ2n) is 11.6. The number of nitrogens with one attached hydrogen (secondary N) is 2. The van der Waals surface area contributed by atoms with Crippen molar-refractivity contribution in [1.82, 2.24) is 14.9 Å². The number of rotatable bonds is 10. The van der Waals surface area contributed by atoms with Crippen LogP contribution < -0.4 is 10.0 Å². The molecule has 1 aliphatic heterocycles.